The number of anilines is 2. The third-order valence-electron chi connectivity index (χ3n) is 5.51. The molecule has 0 aliphatic rings. The van der Waals surface area contributed by atoms with E-state index in [1.165, 1.54) is 4.68 Å². The second-order valence-corrected chi connectivity index (χ2v) is 7.99. The SMILES string of the molecule is Cc1ccccc1C(=O)Nc1cccc(NC(=O)c2ccccc2C)c1C(=O)N[n+]1ccccc1. The molecule has 7 heteroatoms. The van der Waals surface area contributed by atoms with Crippen LogP contribution in [-0.4, -0.2) is 17.7 Å². The number of amides is 3. The zero-order valence-corrected chi connectivity index (χ0v) is 19.4. The van der Waals surface area contributed by atoms with Gasteiger partial charge in [-0.1, -0.05) is 53.2 Å². The Kier molecular flexibility index (Phi) is 6.97. The second kappa shape index (κ2) is 10.4. The van der Waals surface area contributed by atoms with Crippen molar-refractivity contribution in [3.8, 4) is 0 Å². The maximum Gasteiger partial charge on any atom is 0.309 e. The molecule has 0 saturated heterocycles. The second-order valence-electron chi connectivity index (χ2n) is 7.99. The zero-order valence-electron chi connectivity index (χ0n) is 19.4. The van der Waals surface area contributed by atoms with E-state index in [0.717, 1.165) is 11.1 Å². The topological polar surface area (TPSA) is 91.2 Å². The molecule has 4 rings (SSSR count). The highest BCUT2D eigenvalue weighted by Gasteiger charge is 2.23. The van der Waals surface area contributed by atoms with Gasteiger partial charge in [0.2, 0.25) is 0 Å². The quantitative estimate of drug-likeness (QED) is 0.367. The molecule has 0 bridgehead atoms. The zero-order chi connectivity index (χ0) is 24.8. The molecule has 3 N–H and O–H groups in total. The molecular formula is C28H25N4O3+. The van der Waals surface area contributed by atoms with Gasteiger partial charge in [0.15, 0.2) is 12.4 Å². The number of hydrogen-bond acceptors (Lipinski definition) is 3. The van der Waals surface area contributed by atoms with Crippen molar-refractivity contribution in [1.29, 1.82) is 0 Å². The summed E-state index contributed by atoms with van der Waals surface area (Å²) >= 11 is 0. The molecule has 3 aromatic carbocycles. The fourth-order valence-electron chi connectivity index (χ4n) is 3.69. The number of aryl methyl sites for hydroxylation is 2. The number of rotatable bonds is 6. The summed E-state index contributed by atoms with van der Waals surface area (Å²) in [6.07, 6.45) is 3.36. The minimum Gasteiger partial charge on any atom is -0.321 e. The molecule has 7 nitrogen and oxygen atoms in total. The number of pyridine rings is 1. The van der Waals surface area contributed by atoms with Gasteiger partial charge in [-0.25, -0.2) is 0 Å². The summed E-state index contributed by atoms with van der Waals surface area (Å²) in [6, 6.07) is 24.7. The minimum atomic E-state index is -0.498. The largest absolute Gasteiger partial charge is 0.321 e. The molecule has 174 valence electrons. The van der Waals surface area contributed by atoms with Crippen molar-refractivity contribution < 1.29 is 19.1 Å². The van der Waals surface area contributed by atoms with E-state index in [1.54, 1.807) is 67.0 Å². The van der Waals surface area contributed by atoms with E-state index >= 15 is 0 Å². The molecule has 0 aliphatic heterocycles. The van der Waals surface area contributed by atoms with Gasteiger partial charge in [-0.2, -0.15) is 0 Å². The highest BCUT2D eigenvalue weighted by molar-refractivity contribution is 6.16. The van der Waals surface area contributed by atoms with Gasteiger partial charge < -0.3 is 10.6 Å². The van der Waals surface area contributed by atoms with Crippen LogP contribution in [0.1, 0.15) is 42.2 Å². The monoisotopic (exact) mass is 465 g/mol. The summed E-state index contributed by atoms with van der Waals surface area (Å²) in [6.45, 7) is 3.68. The Morgan fingerprint density at radius 3 is 1.54 bits per heavy atom. The Hall–Kier alpha value is -4.78. The molecule has 0 atom stereocenters. The summed E-state index contributed by atoms with van der Waals surface area (Å²) in [5.74, 6) is -1.21. The van der Waals surface area contributed by atoms with Crippen molar-refractivity contribution in [2.45, 2.75) is 13.8 Å². The molecule has 35 heavy (non-hydrogen) atoms. The Morgan fingerprint density at radius 2 is 1.06 bits per heavy atom. The van der Waals surface area contributed by atoms with E-state index in [2.05, 4.69) is 16.1 Å². The molecule has 3 amide bonds. The normalized spacial score (nSPS) is 10.3. The fourth-order valence-corrected chi connectivity index (χ4v) is 3.69. The van der Waals surface area contributed by atoms with E-state index in [9.17, 15) is 14.4 Å². The predicted octanol–water partition coefficient (Wildman–Crippen LogP) is 4.48. The van der Waals surface area contributed by atoms with Crippen molar-refractivity contribution >= 4 is 29.1 Å². The molecule has 0 aliphatic carbocycles. The third kappa shape index (κ3) is 5.42. The number of nitrogens with one attached hydrogen (secondary N) is 3. The van der Waals surface area contributed by atoms with E-state index in [4.69, 9.17) is 0 Å². The first-order valence-corrected chi connectivity index (χ1v) is 11.1. The van der Waals surface area contributed by atoms with Gasteiger partial charge >= 0.3 is 5.91 Å². The summed E-state index contributed by atoms with van der Waals surface area (Å²) in [4.78, 5) is 39.5. The third-order valence-corrected chi connectivity index (χ3v) is 5.51. The van der Waals surface area contributed by atoms with Crippen molar-refractivity contribution in [2.75, 3.05) is 16.1 Å². The highest BCUT2D eigenvalue weighted by atomic mass is 16.2. The number of benzene rings is 3. The first-order valence-electron chi connectivity index (χ1n) is 11.1. The number of aromatic nitrogens is 1. The molecule has 1 aromatic heterocycles. The number of nitrogens with zero attached hydrogens (tertiary/aromatic N) is 1. The van der Waals surface area contributed by atoms with Crippen LogP contribution in [0.25, 0.3) is 0 Å². The van der Waals surface area contributed by atoms with Crippen LogP contribution in [-0.2, 0) is 0 Å². The lowest BCUT2D eigenvalue weighted by Crippen LogP contribution is -2.47. The Bertz CT molecular complexity index is 1320. The van der Waals surface area contributed by atoms with Crippen LogP contribution in [0, 0.1) is 13.8 Å². The summed E-state index contributed by atoms with van der Waals surface area (Å²) in [5.41, 5.74) is 6.03. The molecule has 1 heterocycles. The van der Waals surface area contributed by atoms with Crippen molar-refractivity contribution in [3.05, 3.63) is 125 Å². The minimum absolute atomic E-state index is 0.132. The van der Waals surface area contributed by atoms with Crippen LogP contribution >= 0.6 is 0 Å². The summed E-state index contributed by atoms with van der Waals surface area (Å²) in [5, 5.41) is 5.68. The van der Waals surface area contributed by atoms with Gasteiger partial charge in [-0.15, -0.1) is 5.43 Å². The average molecular weight is 466 g/mol. The molecule has 0 fully saturated rings. The van der Waals surface area contributed by atoms with E-state index in [-0.39, 0.29) is 28.8 Å². The van der Waals surface area contributed by atoms with Gasteiger partial charge in [-0.05, 0) is 49.2 Å². The lowest BCUT2D eigenvalue weighted by Gasteiger charge is -2.16. The number of carbonyl (C=O) groups is 3. The maximum atomic E-state index is 13.4. The lowest BCUT2D eigenvalue weighted by molar-refractivity contribution is -0.641. The van der Waals surface area contributed by atoms with E-state index < -0.39 is 5.91 Å². The highest BCUT2D eigenvalue weighted by Crippen LogP contribution is 2.26. The van der Waals surface area contributed by atoms with Crippen LogP contribution in [0.4, 0.5) is 11.4 Å². The molecule has 0 spiro atoms. The van der Waals surface area contributed by atoms with Crippen LogP contribution < -0.4 is 20.7 Å². The van der Waals surface area contributed by atoms with Crippen LogP contribution in [0.5, 0.6) is 0 Å². The fraction of sp³-hybridized carbons (Fsp3) is 0.0714. The van der Waals surface area contributed by atoms with E-state index in [0.29, 0.717) is 11.1 Å². The molecule has 0 saturated carbocycles. The van der Waals surface area contributed by atoms with Crippen LogP contribution in [0.3, 0.4) is 0 Å². The van der Waals surface area contributed by atoms with Crippen molar-refractivity contribution in [2.24, 2.45) is 0 Å². The van der Waals surface area contributed by atoms with Gasteiger partial charge in [0.25, 0.3) is 11.8 Å². The standard InChI is InChI=1S/C28H24N4O3/c1-19-11-4-6-13-21(19)26(33)29-23-15-10-16-24(30-27(34)22-14-7-5-12-20(22)2)25(23)28(35)31-32-17-8-3-9-18-32/h3-18H,1-2H3,(H2-,29,30,31,33,34,35)/p+1. The predicted molar refractivity (Wildman–Crippen MR) is 135 cm³/mol. The first-order chi connectivity index (χ1) is 16.9. The molecular weight excluding hydrogens is 440 g/mol. The Morgan fingerprint density at radius 1 is 0.571 bits per heavy atom. The van der Waals surface area contributed by atoms with Crippen LogP contribution in [0.2, 0.25) is 0 Å². The van der Waals surface area contributed by atoms with Gasteiger partial charge in [-0.3, -0.25) is 14.4 Å². The molecule has 0 unspecified atom stereocenters. The van der Waals surface area contributed by atoms with E-state index in [1.807, 2.05) is 44.2 Å². The van der Waals surface area contributed by atoms with Gasteiger partial charge in [0.05, 0.1) is 16.9 Å². The van der Waals surface area contributed by atoms with Gasteiger partial charge in [0, 0.05) is 23.3 Å². The smallest absolute Gasteiger partial charge is 0.309 e. The summed E-state index contributed by atoms with van der Waals surface area (Å²) in [7, 11) is 0. The maximum absolute atomic E-state index is 13.4. The molecule has 0 radical (unpaired) electrons. The first kappa shape index (κ1) is 23.4. The van der Waals surface area contributed by atoms with Crippen molar-refractivity contribution in [3.63, 3.8) is 0 Å². The van der Waals surface area contributed by atoms with Gasteiger partial charge in [0.1, 0.15) is 0 Å². The van der Waals surface area contributed by atoms with Crippen molar-refractivity contribution in [1.82, 2.24) is 0 Å². The summed E-state index contributed by atoms with van der Waals surface area (Å²) < 4.78 is 1.50. The average Bonchev–Trinajstić information content (AvgIpc) is 2.85. The number of hydrogen-bond donors (Lipinski definition) is 3. The molecule has 4 aromatic rings. The van der Waals surface area contributed by atoms with Crippen LogP contribution in [0.15, 0.2) is 97.3 Å². The lowest BCUT2D eigenvalue weighted by atomic mass is 10.1. The Labute approximate surface area is 203 Å². The Balaban J connectivity index is 1.72. The number of carbonyl (C=O) groups excluding carboxylic acids is 3.